The summed E-state index contributed by atoms with van der Waals surface area (Å²) in [7, 11) is 0. The van der Waals surface area contributed by atoms with Crippen molar-refractivity contribution in [3.05, 3.63) is 59.4 Å². The van der Waals surface area contributed by atoms with E-state index >= 15 is 0 Å². The largest absolute Gasteiger partial charge is 0.289 e. The molecular weight excluding hydrogens is 262 g/mol. The Labute approximate surface area is 115 Å². The molecule has 2 aromatic rings. The van der Waals surface area contributed by atoms with Gasteiger partial charge in [0.05, 0.1) is 11.8 Å². The smallest absolute Gasteiger partial charge is 0.189 e. The number of allylic oxidation sites excluding steroid dienone is 1. The van der Waals surface area contributed by atoms with Crippen LogP contribution >= 0.6 is 0 Å². The van der Waals surface area contributed by atoms with Gasteiger partial charge in [0.25, 0.3) is 0 Å². The van der Waals surface area contributed by atoms with Crippen LogP contribution < -0.4 is 0 Å². The highest BCUT2D eigenvalue weighted by molar-refractivity contribution is 6.06. The molecule has 1 heterocycles. The number of halogens is 2. The van der Waals surface area contributed by atoms with Crippen LogP contribution in [0.25, 0.3) is 6.08 Å². The summed E-state index contributed by atoms with van der Waals surface area (Å²) in [6.45, 7) is 3.89. The summed E-state index contributed by atoms with van der Waals surface area (Å²) < 4.78 is 28.1. The average molecular weight is 276 g/mol. The predicted octanol–water partition coefficient (Wildman–Crippen LogP) is 3.64. The molecule has 0 aliphatic carbocycles. The summed E-state index contributed by atoms with van der Waals surface area (Å²) in [5.74, 6) is -2.21. The van der Waals surface area contributed by atoms with Crippen LogP contribution in [-0.2, 0) is 0 Å². The molecule has 0 saturated heterocycles. The second-order valence-electron chi connectivity index (χ2n) is 4.64. The van der Waals surface area contributed by atoms with E-state index in [4.69, 9.17) is 0 Å². The van der Waals surface area contributed by atoms with E-state index in [2.05, 4.69) is 5.10 Å². The molecule has 104 valence electrons. The molecule has 1 aromatic heterocycles. The molecule has 1 aromatic carbocycles. The minimum atomic E-state index is -0.963. The first-order valence-electron chi connectivity index (χ1n) is 6.19. The Morgan fingerprint density at radius 3 is 2.75 bits per heavy atom. The second-order valence-corrected chi connectivity index (χ2v) is 4.64. The van der Waals surface area contributed by atoms with Crippen LogP contribution in [0.15, 0.2) is 36.7 Å². The highest BCUT2D eigenvalue weighted by Crippen LogP contribution is 2.14. The fourth-order valence-corrected chi connectivity index (χ4v) is 1.66. The van der Waals surface area contributed by atoms with E-state index in [9.17, 15) is 13.6 Å². The van der Waals surface area contributed by atoms with E-state index in [-0.39, 0.29) is 17.4 Å². The molecule has 0 fully saturated rings. The molecule has 0 amide bonds. The molecule has 2 rings (SSSR count). The number of hydrogen-bond acceptors (Lipinski definition) is 2. The first kappa shape index (κ1) is 14.1. The van der Waals surface area contributed by atoms with Crippen molar-refractivity contribution in [3.8, 4) is 0 Å². The summed E-state index contributed by atoms with van der Waals surface area (Å²) in [5.41, 5.74) is 0.446. The van der Waals surface area contributed by atoms with Gasteiger partial charge in [-0.05, 0) is 32.1 Å². The van der Waals surface area contributed by atoms with Crippen molar-refractivity contribution in [2.45, 2.75) is 19.9 Å². The lowest BCUT2D eigenvalue weighted by atomic mass is 10.1. The highest BCUT2D eigenvalue weighted by Gasteiger charge is 2.08. The van der Waals surface area contributed by atoms with E-state index in [1.54, 1.807) is 10.9 Å². The van der Waals surface area contributed by atoms with Crippen LogP contribution in [0.1, 0.15) is 35.8 Å². The standard InChI is InChI=1S/C15H14F2N2O/c1-10(2)19-9-12(8-18-19)14(20)7-6-11-4-3-5-13(16)15(11)17/h3-10H,1-2H3/b7-6+. The maximum absolute atomic E-state index is 13.4. The third kappa shape index (κ3) is 2.99. The van der Waals surface area contributed by atoms with Crippen LogP contribution in [0.3, 0.4) is 0 Å². The normalized spacial score (nSPS) is 11.4. The van der Waals surface area contributed by atoms with Gasteiger partial charge in [0.1, 0.15) is 0 Å². The Morgan fingerprint density at radius 2 is 2.10 bits per heavy atom. The zero-order valence-corrected chi connectivity index (χ0v) is 11.2. The molecule has 0 bridgehead atoms. The molecule has 5 heteroatoms. The van der Waals surface area contributed by atoms with Crippen LogP contribution in [0, 0.1) is 11.6 Å². The van der Waals surface area contributed by atoms with Gasteiger partial charge in [-0.1, -0.05) is 12.1 Å². The Hall–Kier alpha value is -2.30. The topological polar surface area (TPSA) is 34.9 Å². The lowest BCUT2D eigenvalue weighted by Crippen LogP contribution is -2.00. The Balaban J connectivity index is 2.18. The third-order valence-corrected chi connectivity index (χ3v) is 2.81. The third-order valence-electron chi connectivity index (χ3n) is 2.81. The molecule has 0 aliphatic heterocycles. The molecule has 0 N–H and O–H groups in total. The van der Waals surface area contributed by atoms with Gasteiger partial charge < -0.3 is 0 Å². The molecule has 0 radical (unpaired) electrons. The fraction of sp³-hybridized carbons (Fsp3) is 0.200. The van der Waals surface area contributed by atoms with Crippen molar-refractivity contribution >= 4 is 11.9 Å². The number of hydrogen-bond donors (Lipinski definition) is 0. The maximum Gasteiger partial charge on any atom is 0.189 e. The van der Waals surface area contributed by atoms with Crippen molar-refractivity contribution in [2.75, 3.05) is 0 Å². The van der Waals surface area contributed by atoms with Crippen LogP contribution in [-0.4, -0.2) is 15.6 Å². The first-order valence-corrected chi connectivity index (χ1v) is 6.19. The van der Waals surface area contributed by atoms with Crippen LogP contribution in [0.2, 0.25) is 0 Å². The van der Waals surface area contributed by atoms with Gasteiger partial charge in [0.2, 0.25) is 0 Å². The SMILES string of the molecule is CC(C)n1cc(C(=O)/C=C/c2cccc(F)c2F)cn1. The Kier molecular flexibility index (Phi) is 4.08. The average Bonchev–Trinajstić information content (AvgIpc) is 2.90. The van der Waals surface area contributed by atoms with E-state index < -0.39 is 11.6 Å². The number of nitrogens with zero attached hydrogens (tertiary/aromatic N) is 2. The monoisotopic (exact) mass is 276 g/mol. The maximum atomic E-state index is 13.4. The summed E-state index contributed by atoms with van der Waals surface area (Å²) in [6, 6.07) is 3.97. The summed E-state index contributed by atoms with van der Waals surface area (Å²) in [4.78, 5) is 11.9. The van der Waals surface area contributed by atoms with E-state index in [0.29, 0.717) is 5.56 Å². The molecule has 0 unspecified atom stereocenters. The summed E-state index contributed by atoms with van der Waals surface area (Å²) >= 11 is 0. The summed E-state index contributed by atoms with van der Waals surface area (Å²) in [6.07, 6.45) is 5.54. The highest BCUT2D eigenvalue weighted by atomic mass is 19.2. The molecule has 0 saturated carbocycles. The van der Waals surface area contributed by atoms with Gasteiger partial charge in [0.15, 0.2) is 17.4 Å². The molecule has 0 atom stereocenters. The van der Waals surface area contributed by atoms with E-state index in [0.717, 1.165) is 6.07 Å². The summed E-state index contributed by atoms with van der Waals surface area (Å²) in [5, 5.41) is 4.05. The number of rotatable bonds is 4. The van der Waals surface area contributed by atoms with Crippen molar-refractivity contribution in [2.24, 2.45) is 0 Å². The lowest BCUT2D eigenvalue weighted by Gasteiger charge is -2.02. The predicted molar refractivity (Wildman–Crippen MR) is 72.3 cm³/mol. The van der Waals surface area contributed by atoms with E-state index in [1.807, 2.05) is 13.8 Å². The van der Waals surface area contributed by atoms with Crippen molar-refractivity contribution in [3.63, 3.8) is 0 Å². The van der Waals surface area contributed by atoms with Gasteiger partial charge in [0, 0.05) is 17.8 Å². The number of ketones is 1. The number of benzene rings is 1. The first-order chi connectivity index (χ1) is 9.49. The fourth-order valence-electron chi connectivity index (χ4n) is 1.66. The van der Waals surface area contributed by atoms with Gasteiger partial charge in [-0.3, -0.25) is 9.48 Å². The van der Waals surface area contributed by atoms with Gasteiger partial charge in [-0.15, -0.1) is 0 Å². The zero-order chi connectivity index (χ0) is 14.7. The number of carbonyl (C=O) groups is 1. The molecule has 3 nitrogen and oxygen atoms in total. The van der Waals surface area contributed by atoms with Gasteiger partial charge >= 0.3 is 0 Å². The van der Waals surface area contributed by atoms with E-state index in [1.165, 1.54) is 30.5 Å². The quantitative estimate of drug-likeness (QED) is 0.631. The van der Waals surface area contributed by atoms with Crippen molar-refractivity contribution in [1.29, 1.82) is 0 Å². The molecule has 0 aliphatic rings. The van der Waals surface area contributed by atoms with Crippen LogP contribution in [0.5, 0.6) is 0 Å². The number of carbonyl (C=O) groups excluding carboxylic acids is 1. The second kappa shape index (κ2) is 5.77. The van der Waals surface area contributed by atoms with Crippen LogP contribution in [0.4, 0.5) is 8.78 Å². The van der Waals surface area contributed by atoms with Gasteiger partial charge in [-0.2, -0.15) is 5.10 Å². The van der Waals surface area contributed by atoms with Gasteiger partial charge in [-0.25, -0.2) is 8.78 Å². The lowest BCUT2D eigenvalue weighted by molar-refractivity contribution is 0.104. The minimum Gasteiger partial charge on any atom is -0.289 e. The van der Waals surface area contributed by atoms with Crippen molar-refractivity contribution in [1.82, 2.24) is 9.78 Å². The van der Waals surface area contributed by atoms with Crippen molar-refractivity contribution < 1.29 is 13.6 Å². The Bertz CT molecular complexity index is 660. The Morgan fingerprint density at radius 1 is 1.35 bits per heavy atom. The number of aromatic nitrogens is 2. The molecular formula is C15H14F2N2O. The molecule has 0 spiro atoms. The minimum absolute atomic E-state index is 0.0367. The zero-order valence-electron chi connectivity index (χ0n) is 11.2. The molecule has 20 heavy (non-hydrogen) atoms.